The van der Waals surface area contributed by atoms with Gasteiger partial charge in [0.1, 0.15) is 5.69 Å². The molecule has 0 bridgehead atoms. The molecule has 2 aromatic rings. The molecule has 0 aliphatic rings. The minimum atomic E-state index is -1.95. The van der Waals surface area contributed by atoms with Crippen molar-refractivity contribution >= 4 is 17.3 Å². The molecule has 0 aromatic heterocycles. The van der Waals surface area contributed by atoms with Gasteiger partial charge in [-0.3, -0.25) is 14.9 Å². The SMILES string of the molecule is CC(=O)N(Cc1ccccc1)c1cc(F)c(F)c(F)c1[N+](=O)[O-]. The van der Waals surface area contributed by atoms with Crippen LogP contribution in [0, 0.1) is 27.6 Å². The van der Waals surface area contributed by atoms with Crippen LogP contribution in [-0.4, -0.2) is 10.8 Å². The first-order valence-electron chi connectivity index (χ1n) is 6.46. The number of carbonyl (C=O) groups excluding carboxylic acids is 1. The van der Waals surface area contributed by atoms with Gasteiger partial charge in [-0.25, -0.2) is 8.78 Å². The third-order valence-electron chi connectivity index (χ3n) is 3.15. The second-order valence-electron chi connectivity index (χ2n) is 4.70. The Morgan fingerprint density at radius 1 is 1.17 bits per heavy atom. The number of rotatable bonds is 4. The summed E-state index contributed by atoms with van der Waals surface area (Å²) in [6.45, 7) is 0.938. The number of nitro benzene ring substituents is 1. The third-order valence-corrected chi connectivity index (χ3v) is 3.15. The Morgan fingerprint density at radius 2 is 1.78 bits per heavy atom. The number of anilines is 1. The van der Waals surface area contributed by atoms with E-state index < -0.39 is 39.7 Å². The van der Waals surface area contributed by atoms with E-state index in [-0.39, 0.29) is 6.54 Å². The van der Waals surface area contributed by atoms with Crippen LogP contribution in [-0.2, 0) is 11.3 Å². The van der Waals surface area contributed by atoms with Crippen molar-refractivity contribution in [2.75, 3.05) is 4.90 Å². The van der Waals surface area contributed by atoms with Crippen LogP contribution in [0.15, 0.2) is 36.4 Å². The predicted octanol–water partition coefficient (Wildman–Crippen LogP) is 3.57. The maximum Gasteiger partial charge on any atom is 0.331 e. The molecule has 23 heavy (non-hydrogen) atoms. The largest absolute Gasteiger partial charge is 0.331 e. The van der Waals surface area contributed by atoms with Crippen molar-refractivity contribution < 1.29 is 22.9 Å². The molecule has 0 spiro atoms. The molecule has 0 N–H and O–H groups in total. The fourth-order valence-corrected chi connectivity index (χ4v) is 2.08. The maximum atomic E-state index is 13.7. The highest BCUT2D eigenvalue weighted by Crippen LogP contribution is 2.35. The normalized spacial score (nSPS) is 10.4. The number of hydrogen-bond acceptors (Lipinski definition) is 3. The lowest BCUT2D eigenvalue weighted by atomic mass is 10.1. The summed E-state index contributed by atoms with van der Waals surface area (Å²) in [5.74, 6) is -6.18. The maximum absolute atomic E-state index is 13.7. The van der Waals surface area contributed by atoms with E-state index in [1.807, 2.05) is 0 Å². The molecule has 0 radical (unpaired) electrons. The Kier molecular flexibility index (Phi) is 4.63. The molecule has 0 fully saturated rings. The molecule has 8 heteroatoms. The molecule has 120 valence electrons. The van der Waals surface area contributed by atoms with Crippen molar-refractivity contribution in [2.24, 2.45) is 0 Å². The van der Waals surface area contributed by atoms with E-state index in [0.29, 0.717) is 11.6 Å². The van der Waals surface area contributed by atoms with Crippen LogP contribution >= 0.6 is 0 Å². The van der Waals surface area contributed by atoms with E-state index >= 15 is 0 Å². The fourth-order valence-electron chi connectivity index (χ4n) is 2.08. The topological polar surface area (TPSA) is 63.5 Å². The predicted molar refractivity (Wildman–Crippen MR) is 76.3 cm³/mol. The molecular weight excluding hydrogens is 313 g/mol. The number of benzene rings is 2. The van der Waals surface area contributed by atoms with Crippen molar-refractivity contribution in [3.05, 3.63) is 69.5 Å². The molecule has 0 unspecified atom stereocenters. The van der Waals surface area contributed by atoms with E-state index in [1.54, 1.807) is 30.3 Å². The van der Waals surface area contributed by atoms with Crippen molar-refractivity contribution in [3.8, 4) is 0 Å². The first kappa shape index (κ1) is 16.5. The lowest BCUT2D eigenvalue weighted by molar-refractivity contribution is -0.387. The molecular formula is C15H11F3N2O3. The summed E-state index contributed by atoms with van der Waals surface area (Å²) in [6, 6.07) is 8.79. The Bertz CT molecular complexity index is 766. The standard InChI is InChI=1S/C15H11F3N2O3/c1-9(21)19(8-10-5-3-2-4-6-10)12-7-11(16)13(17)14(18)15(12)20(22)23/h2-7H,8H2,1H3. The summed E-state index contributed by atoms with van der Waals surface area (Å²) in [7, 11) is 0. The quantitative estimate of drug-likeness (QED) is 0.491. The highest BCUT2D eigenvalue weighted by molar-refractivity contribution is 5.94. The molecule has 1 amide bonds. The molecule has 0 aliphatic carbocycles. The van der Waals surface area contributed by atoms with Crippen LogP contribution in [0.2, 0.25) is 0 Å². The van der Waals surface area contributed by atoms with E-state index in [1.165, 1.54) is 0 Å². The van der Waals surface area contributed by atoms with E-state index in [0.717, 1.165) is 11.8 Å². The number of nitrogens with zero attached hydrogens (tertiary/aromatic N) is 2. The minimum absolute atomic E-state index is 0.151. The van der Waals surface area contributed by atoms with Gasteiger partial charge < -0.3 is 4.90 Å². The number of amides is 1. The monoisotopic (exact) mass is 324 g/mol. The summed E-state index contributed by atoms with van der Waals surface area (Å²) in [4.78, 5) is 22.5. The summed E-state index contributed by atoms with van der Waals surface area (Å²) < 4.78 is 40.5. The van der Waals surface area contributed by atoms with Crippen LogP contribution in [0.5, 0.6) is 0 Å². The number of hydrogen-bond donors (Lipinski definition) is 0. The van der Waals surface area contributed by atoms with Crippen molar-refractivity contribution in [1.29, 1.82) is 0 Å². The van der Waals surface area contributed by atoms with Crippen molar-refractivity contribution in [3.63, 3.8) is 0 Å². The smallest absolute Gasteiger partial charge is 0.302 e. The Morgan fingerprint density at radius 3 is 2.30 bits per heavy atom. The van der Waals surface area contributed by atoms with Crippen LogP contribution < -0.4 is 4.90 Å². The highest BCUT2D eigenvalue weighted by atomic mass is 19.2. The van der Waals surface area contributed by atoms with Crippen molar-refractivity contribution in [1.82, 2.24) is 0 Å². The van der Waals surface area contributed by atoms with Gasteiger partial charge in [0.25, 0.3) is 0 Å². The van der Waals surface area contributed by atoms with Gasteiger partial charge in [0, 0.05) is 13.0 Å². The molecule has 0 saturated carbocycles. The Hall–Kier alpha value is -2.90. The first-order chi connectivity index (χ1) is 10.8. The summed E-state index contributed by atoms with van der Waals surface area (Å²) >= 11 is 0. The van der Waals surface area contributed by atoms with E-state index in [4.69, 9.17) is 0 Å². The number of halogens is 3. The van der Waals surface area contributed by atoms with Crippen LogP contribution in [0.3, 0.4) is 0 Å². The molecule has 0 atom stereocenters. The number of nitro groups is 1. The van der Waals surface area contributed by atoms with Gasteiger partial charge in [0.15, 0.2) is 5.82 Å². The second-order valence-corrected chi connectivity index (χ2v) is 4.70. The lowest BCUT2D eigenvalue weighted by Gasteiger charge is -2.21. The molecule has 0 heterocycles. The van der Waals surface area contributed by atoms with Gasteiger partial charge in [-0.1, -0.05) is 30.3 Å². The second kappa shape index (κ2) is 6.47. The van der Waals surface area contributed by atoms with E-state index in [2.05, 4.69) is 0 Å². The Labute approximate surface area is 129 Å². The van der Waals surface area contributed by atoms with E-state index in [9.17, 15) is 28.1 Å². The van der Waals surface area contributed by atoms with Crippen LogP contribution in [0.4, 0.5) is 24.5 Å². The molecule has 0 aliphatic heterocycles. The first-order valence-corrected chi connectivity index (χ1v) is 6.46. The minimum Gasteiger partial charge on any atom is -0.302 e. The zero-order valence-electron chi connectivity index (χ0n) is 11.9. The van der Waals surface area contributed by atoms with Gasteiger partial charge in [-0.15, -0.1) is 0 Å². The van der Waals surface area contributed by atoms with Gasteiger partial charge >= 0.3 is 5.69 Å². The number of carbonyl (C=O) groups is 1. The summed E-state index contributed by atoms with van der Waals surface area (Å²) in [6.07, 6.45) is 0. The summed E-state index contributed by atoms with van der Waals surface area (Å²) in [5.41, 5.74) is -1.33. The zero-order chi connectivity index (χ0) is 17.1. The van der Waals surface area contributed by atoms with Gasteiger partial charge in [-0.2, -0.15) is 4.39 Å². The summed E-state index contributed by atoms with van der Waals surface area (Å²) in [5, 5.41) is 11.0. The van der Waals surface area contributed by atoms with Crippen LogP contribution in [0.25, 0.3) is 0 Å². The fraction of sp³-hybridized carbons (Fsp3) is 0.133. The van der Waals surface area contributed by atoms with Gasteiger partial charge in [0.05, 0.1) is 11.5 Å². The molecule has 0 saturated heterocycles. The Balaban J connectivity index is 2.60. The average molecular weight is 324 g/mol. The molecule has 2 aromatic carbocycles. The average Bonchev–Trinajstić information content (AvgIpc) is 2.50. The van der Waals surface area contributed by atoms with Crippen LogP contribution in [0.1, 0.15) is 12.5 Å². The zero-order valence-corrected chi connectivity index (χ0v) is 11.9. The van der Waals surface area contributed by atoms with Gasteiger partial charge in [-0.05, 0) is 5.56 Å². The van der Waals surface area contributed by atoms with Crippen molar-refractivity contribution in [2.45, 2.75) is 13.5 Å². The lowest BCUT2D eigenvalue weighted by Crippen LogP contribution is -2.29. The third kappa shape index (κ3) is 3.31. The molecule has 2 rings (SSSR count). The highest BCUT2D eigenvalue weighted by Gasteiger charge is 2.32. The van der Waals surface area contributed by atoms with Gasteiger partial charge in [0.2, 0.25) is 17.5 Å². The molecule has 5 nitrogen and oxygen atoms in total.